The number of rotatable bonds is 9. The molecular weight excluding hydrogens is 236 g/mol. The second kappa shape index (κ2) is 7.61. The maximum atomic E-state index is 12.0. The Balaban J connectivity index is 2.25. The Morgan fingerprint density at radius 2 is 2.18 bits per heavy atom. The van der Waals surface area contributed by atoms with Gasteiger partial charge in [-0.1, -0.05) is 12.2 Å². The van der Waals surface area contributed by atoms with Crippen molar-refractivity contribution in [1.29, 1.82) is 0 Å². The van der Waals surface area contributed by atoms with E-state index < -0.39 is 0 Å². The topological polar surface area (TPSA) is 55.6 Å². The molecule has 4 nitrogen and oxygen atoms in total. The number of ether oxygens (including phenoxy) is 1. The van der Waals surface area contributed by atoms with Crippen LogP contribution < -0.4 is 5.73 Å². The van der Waals surface area contributed by atoms with Crippen molar-refractivity contribution in [3.05, 3.63) is 0 Å². The van der Waals surface area contributed by atoms with Crippen LogP contribution in [0.3, 0.4) is 0 Å². The van der Waals surface area contributed by atoms with Gasteiger partial charge in [-0.3, -0.25) is 4.79 Å². The molecule has 0 aromatic carbocycles. The third kappa shape index (κ3) is 5.98. The molecule has 5 heteroatoms. The summed E-state index contributed by atoms with van der Waals surface area (Å²) in [6.07, 6.45) is 4.23. The molecule has 1 saturated carbocycles. The lowest BCUT2D eigenvalue weighted by Crippen LogP contribution is -2.35. The normalized spacial score (nSPS) is 14.6. The first-order valence-corrected chi connectivity index (χ1v) is 6.71. The first-order valence-electron chi connectivity index (χ1n) is 6.30. The van der Waals surface area contributed by atoms with Crippen molar-refractivity contribution in [1.82, 2.24) is 4.90 Å². The summed E-state index contributed by atoms with van der Waals surface area (Å²) in [6.45, 7) is 4.01. The van der Waals surface area contributed by atoms with Gasteiger partial charge in [0.2, 0.25) is 5.91 Å². The summed E-state index contributed by atoms with van der Waals surface area (Å²) >= 11 is 4.85. The van der Waals surface area contributed by atoms with Crippen molar-refractivity contribution < 1.29 is 9.53 Å². The van der Waals surface area contributed by atoms with Crippen molar-refractivity contribution in [2.75, 3.05) is 19.8 Å². The van der Waals surface area contributed by atoms with Crippen LogP contribution in [0.25, 0.3) is 0 Å². The average molecular weight is 258 g/mol. The minimum absolute atomic E-state index is 0.212. The Morgan fingerprint density at radius 3 is 2.71 bits per heavy atom. The smallest absolute Gasteiger partial charge is 0.222 e. The predicted octanol–water partition coefficient (Wildman–Crippen LogP) is 1.47. The van der Waals surface area contributed by atoms with Gasteiger partial charge >= 0.3 is 0 Å². The van der Waals surface area contributed by atoms with Gasteiger partial charge in [0.15, 0.2) is 0 Å². The van der Waals surface area contributed by atoms with Gasteiger partial charge in [-0.2, -0.15) is 0 Å². The lowest BCUT2D eigenvalue weighted by Gasteiger charge is -2.22. The monoisotopic (exact) mass is 258 g/mol. The predicted molar refractivity (Wildman–Crippen MR) is 71.9 cm³/mol. The number of amides is 1. The molecule has 0 aliphatic heterocycles. The fourth-order valence-corrected chi connectivity index (χ4v) is 1.83. The lowest BCUT2D eigenvalue weighted by molar-refractivity contribution is -0.132. The van der Waals surface area contributed by atoms with Gasteiger partial charge in [0.1, 0.15) is 0 Å². The molecule has 0 spiro atoms. The van der Waals surface area contributed by atoms with E-state index in [-0.39, 0.29) is 5.91 Å². The molecule has 1 fully saturated rings. The van der Waals surface area contributed by atoms with Crippen molar-refractivity contribution in [3.63, 3.8) is 0 Å². The van der Waals surface area contributed by atoms with Crippen molar-refractivity contribution in [2.24, 2.45) is 5.73 Å². The highest BCUT2D eigenvalue weighted by Crippen LogP contribution is 2.27. The van der Waals surface area contributed by atoms with Crippen molar-refractivity contribution in [3.8, 4) is 0 Å². The third-order valence-electron chi connectivity index (χ3n) is 2.79. The van der Waals surface area contributed by atoms with Gasteiger partial charge in [-0.05, 0) is 26.2 Å². The van der Waals surface area contributed by atoms with Crippen LogP contribution in [0, 0.1) is 0 Å². The van der Waals surface area contributed by atoms with E-state index >= 15 is 0 Å². The Kier molecular flexibility index (Phi) is 6.44. The molecule has 0 atom stereocenters. The molecule has 0 aromatic heterocycles. The molecule has 0 saturated heterocycles. The van der Waals surface area contributed by atoms with Crippen LogP contribution >= 0.6 is 12.2 Å². The van der Waals surface area contributed by atoms with E-state index in [4.69, 9.17) is 22.7 Å². The number of hydrogen-bond acceptors (Lipinski definition) is 3. The molecule has 0 heterocycles. The Morgan fingerprint density at radius 1 is 1.47 bits per heavy atom. The first kappa shape index (κ1) is 14.4. The number of hydrogen-bond donors (Lipinski definition) is 1. The van der Waals surface area contributed by atoms with Gasteiger partial charge in [0.25, 0.3) is 0 Å². The maximum Gasteiger partial charge on any atom is 0.222 e. The van der Waals surface area contributed by atoms with E-state index in [1.165, 1.54) is 0 Å². The van der Waals surface area contributed by atoms with E-state index in [1.54, 1.807) is 0 Å². The molecule has 0 radical (unpaired) electrons. The van der Waals surface area contributed by atoms with E-state index in [0.717, 1.165) is 19.3 Å². The largest absolute Gasteiger partial charge is 0.393 e. The molecule has 1 aliphatic carbocycles. The molecular formula is C12H22N2O2S. The highest BCUT2D eigenvalue weighted by molar-refractivity contribution is 7.80. The summed E-state index contributed by atoms with van der Waals surface area (Å²) in [5, 5.41) is 0. The Hall–Kier alpha value is -0.680. The quantitative estimate of drug-likeness (QED) is 0.502. The molecule has 1 aliphatic rings. The van der Waals surface area contributed by atoms with Crippen LogP contribution in [0.1, 0.15) is 39.0 Å². The zero-order valence-corrected chi connectivity index (χ0v) is 11.3. The molecule has 98 valence electrons. The van der Waals surface area contributed by atoms with Crippen LogP contribution in [0.5, 0.6) is 0 Å². The van der Waals surface area contributed by atoms with Crippen LogP contribution in [-0.2, 0) is 9.53 Å². The van der Waals surface area contributed by atoms with Crippen LogP contribution in [0.4, 0.5) is 0 Å². The zero-order chi connectivity index (χ0) is 12.7. The SMILES string of the molecule is CCOCCCC(=O)N(CCC(N)=S)C1CC1. The van der Waals surface area contributed by atoms with Gasteiger partial charge in [0, 0.05) is 38.6 Å². The molecule has 1 amide bonds. The van der Waals surface area contributed by atoms with Gasteiger partial charge in [0.05, 0.1) is 4.99 Å². The first-order chi connectivity index (χ1) is 8.15. The summed E-state index contributed by atoms with van der Waals surface area (Å²) < 4.78 is 5.23. The molecule has 0 bridgehead atoms. The Bertz CT molecular complexity index is 267. The fraction of sp³-hybridized carbons (Fsp3) is 0.833. The maximum absolute atomic E-state index is 12.0. The molecule has 17 heavy (non-hydrogen) atoms. The summed E-state index contributed by atoms with van der Waals surface area (Å²) in [7, 11) is 0. The number of carbonyl (C=O) groups excluding carboxylic acids is 1. The molecule has 2 N–H and O–H groups in total. The zero-order valence-electron chi connectivity index (χ0n) is 10.5. The number of nitrogens with zero attached hydrogens (tertiary/aromatic N) is 1. The van der Waals surface area contributed by atoms with Gasteiger partial charge < -0.3 is 15.4 Å². The van der Waals surface area contributed by atoms with Crippen molar-refractivity contribution in [2.45, 2.75) is 45.1 Å². The number of nitrogens with two attached hydrogens (primary N) is 1. The second-order valence-electron chi connectivity index (χ2n) is 4.34. The van der Waals surface area contributed by atoms with E-state index in [1.807, 2.05) is 11.8 Å². The van der Waals surface area contributed by atoms with Gasteiger partial charge in [-0.25, -0.2) is 0 Å². The van der Waals surface area contributed by atoms with Crippen LogP contribution in [0.15, 0.2) is 0 Å². The van der Waals surface area contributed by atoms with Gasteiger partial charge in [-0.15, -0.1) is 0 Å². The minimum Gasteiger partial charge on any atom is -0.393 e. The highest BCUT2D eigenvalue weighted by Gasteiger charge is 2.31. The summed E-state index contributed by atoms with van der Waals surface area (Å²) in [6, 6.07) is 0.434. The number of carbonyl (C=O) groups is 1. The molecule has 0 aromatic rings. The standard InChI is InChI=1S/C12H22N2O2S/c1-2-16-9-3-4-12(15)14(10-5-6-10)8-7-11(13)17/h10H,2-9H2,1H3,(H2,13,17). The van der Waals surface area contributed by atoms with Crippen LogP contribution in [0.2, 0.25) is 0 Å². The Labute approximate surface area is 108 Å². The molecule has 1 rings (SSSR count). The van der Waals surface area contributed by atoms with Crippen molar-refractivity contribution >= 4 is 23.1 Å². The van der Waals surface area contributed by atoms with Crippen LogP contribution in [-0.4, -0.2) is 41.6 Å². The lowest BCUT2D eigenvalue weighted by atomic mass is 10.2. The van der Waals surface area contributed by atoms with E-state index in [0.29, 0.717) is 43.6 Å². The molecule has 0 unspecified atom stereocenters. The summed E-state index contributed by atoms with van der Waals surface area (Å²) in [5.74, 6) is 0.212. The van der Waals surface area contributed by atoms with E-state index in [9.17, 15) is 4.79 Å². The third-order valence-corrected chi connectivity index (χ3v) is 2.99. The number of thiocarbonyl (C=S) groups is 1. The van der Waals surface area contributed by atoms with E-state index in [2.05, 4.69) is 0 Å². The highest BCUT2D eigenvalue weighted by atomic mass is 32.1. The summed E-state index contributed by atoms with van der Waals surface area (Å²) in [4.78, 5) is 14.4. The summed E-state index contributed by atoms with van der Waals surface area (Å²) in [5.41, 5.74) is 5.47. The fourth-order valence-electron chi connectivity index (χ4n) is 1.74. The average Bonchev–Trinajstić information content (AvgIpc) is 3.08. The minimum atomic E-state index is 0.212. The second-order valence-corrected chi connectivity index (χ2v) is 4.86.